The molecule has 2 aromatic carbocycles. The summed E-state index contributed by atoms with van der Waals surface area (Å²) in [5, 5.41) is 0. The summed E-state index contributed by atoms with van der Waals surface area (Å²) in [6.45, 7) is 0.692. The Kier molecular flexibility index (Phi) is 4.00. The van der Waals surface area contributed by atoms with Crippen molar-refractivity contribution in [3.63, 3.8) is 0 Å². The fourth-order valence-electron chi connectivity index (χ4n) is 2.81. The number of ether oxygens (including phenoxy) is 2. The van der Waals surface area contributed by atoms with Gasteiger partial charge < -0.3 is 15.2 Å². The number of amides is 1. The standard InChI is InChI=1S/C18H19NO3/c1-21-16-7-6-15-9-13(11-22-17(15)10-16)8-12-2-4-14(5-3-12)18(19)20/h2-7,10,13H,8-9,11H2,1H3,(H2,19,20). The fourth-order valence-corrected chi connectivity index (χ4v) is 2.81. The largest absolute Gasteiger partial charge is 0.497 e. The number of carbonyl (C=O) groups is 1. The van der Waals surface area contributed by atoms with Gasteiger partial charge in [-0.15, -0.1) is 0 Å². The summed E-state index contributed by atoms with van der Waals surface area (Å²) in [5.74, 6) is 1.77. The van der Waals surface area contributed by atoms with Crippen molar-refractivity contribution >= 4 is 5.91 Å². The van der Waals surface area contributed by atoms with E-state index < -0.39 is 5.91 Å². The third kappa shape index (κ3) is 3.06. The molecule has 1 unspecified atom stereocenters. The van der Waals surface area contributed by atoms with Crippen LogP contribution in [0.4, 0.5) is 0 Å². The first-order valence-electron chi connectivity index (χ1n) is 7.34. The lowest BCUT2D eigenvalue weighted by Crippen LogP contribution is -2.22. The summed E-state index contributed by atoms with van der Waals surface area (Å²) in [4.78, 5) is 11.1. The van der Waals surface area contributed by atoms with Crippen molar-refractivity contribution in [2.75, 3.05) is 13.7 Å². The van der Waals surface area contributed by atoms with Crippen LogP contribution in [0, 0.1) is 5.92 Å². The van der Waals surface area contributed by atoms with Gasteiger partial charge in [0.15, 0.2) is 0 Å². The number of methoxy groups -OCH3 is 1. The Morgan fingerprint density at radius 2 is 2.05 bits per heavy atom. The van der Waals surface area contributed by atoms with Gasteiger partial charge in [-0.2, -0.15) is 0 Å². The van der Waals surface area contributed by atoms with Crippen molar-refractivity contribution in [2.24, 2.45) is 11.7 Å². The molecule has 0 bridgehead atoms. The van der Waals surface area contributed by atoms with E-state index in [0.717, 1.165) is 24.3 Å². The van der Waals surface area contributed by atoms with E-state index in [1.54, 1.807) is 19.2 Å². The summed E-state index contributed by atoms with van der Waals surface area (Å²) >= 11 is 0. The molecule has 2 N–H and O–H groups in total. The number of primary amides is 1. The molecular weight excluding hydrogens is 278 g/mol. The van der Waals surface area contributed by atoms with Crippen molar-refractivity contribution in [3.8, 4) is 11.5 Å². The molecule has 0 fully saturated rings. The van der Waals surface area contributed by atoms with Gasteiger partial charge in [0.25, 0.3) is 0 Å². The zero-order valence-electron chi connectivity index (χ0n) is 12.5. The summed E-state index contributed by atoms with van der Waals surface area (Å²) < 4.78 is 11.1. The third-order valence-electron chi connectivity index (χ3n) is 4.02. The first kappa shape index (κ1) is 14.4. The highest BCUT2D eigenvalue weighted by Gasteiger charge is 2.20. The summed E-state index contributed by atoms with van der Waals surface area (Å²) in [6.07, 6.45) is 1.90. The predicted molar refractivity (Wildman–Crippen MR) is 84.3 cm³/mol. The zero-order chi connectivity index (χ0) is 15.5. The summed E-state index contributed by atoms with van der Waals surface area (Å²) in [7, 11) is 1.66. The average Bonchev–Trinajstić information content (AvgIpc) is 2.55. The minimum absolute atomic E-state index is 0.393. The van der Waals surface area contributed by atoms with Crippen LogP contribution in [0.15, 0.2) is 42.5 Å². The van der Waals surface area contributed by atoms with Crippen LogP contribution in [0.1, 0.15) is 21.5 Å². The van der Waals surface area contributed by atoms with Crippen molar-refractivity contribution in [1.29, 1.82) is 0 Å². The molecule has 1 heterocycles. The monoisotopic (exact) mass is 297 g/mol. The maximum atomic E-state index is 11.1. The number of benzene rings is 2. The highest BCUT2D eigenvalue weighted by molar-refractivity contribution is 5.92. The van der Waals surface area contributed by atoms with E-state index in [1.165, 1.54) is 11.1 Å². The highest BCUT2D eigenvalue weighted by atomic mass is 16.5. The minimum atomic E-state index is -0.393. The zero-order valence-corrected chi connectivity index (χ0v) is 12.5. The van der Waals surface area contributed by atoms with E-state index in [-0.39, 0.29) is 0 Å². The number of nitrogens with two attached hydrogens (primary N) is 1. The van der Waals surface area contributed by atoms with Crippen molar-refractivity contribution in [2.45, 2.75) is 12.8 Å². The van der Waals surface area contributed by atoms with Crippen LogP contribution < -0.4 is 15.2 Å². The van der Waals surface area contributed by atoms with Gasteiger partial charge in [0.1, 0.15) is 11.5 Å². The topological polar surface area (TPSA) is 61.6 Å². The van der Waals surface area contributed by atoms with Crippen LogP contribution >= 0.6 is 0 Å². The van der Waals surface area contributed by atoms with E-state index in [9.17, 15) is 4.79 Å². The first-order valence-corrected chi connectivity index (χ1v) is 7.34. The molecule has 3 rings (SSSR count). The van der Waals surface area contributed by atoms with Gasteiger partial charge in [0.05, 0.1) is 13.7 Å². The van der Waals surface area contributed by atoms with Gasteiger partial charge in [-0.3, -0.25) is 4.79 Å². The lowest BCUT2D eigenvalue weighted by Gasteiger charge is -2.25. The van der Waals surface area contributed by atoms with Crippen LogP contribution in [-0.4, -0.2) is 19.6 Å². The number of fused-ring (bicyclic) bond motifs is 1. The molecule has 114 valence electrons. The summed E-state index contributed by atoms with van der Waals surface area (Å²) in [5.41, 5.74) is 8.20. The first-order chi connectivity index (χ1) is 10.7. The van der Waals surface area contributed by atoms with E-state index >= 15 is 0 Å². The van der Waals surface area contributed by atoms with Crippen LogP contribution in [-0.2, 0) is 12.8 Å². The molecule has 1 aliphatic rings. The maximum Gasteiger partial charge on any atom is 0.248 e. The Morgan fingerprint density at radius 1 is 1.27 bits per heavy atom. The third-order valence-corrected chi connectivity index (χ3v) is 4.02. The molecule has 0 saturated carbocycles. The predicted octanol–water partition coefficient (Wildman–Crippen LogP) is 2.59. The Hall–Kier alpha value is -2.49. The molecule has 1 aliphatic heterocycles. The lowest BCUT2D eigenvalue weighted by atomic mass is 9.90. The Labute approximate surface area is 129 Å². The second-order valence-electron chi connectivity index (χ2n) is 5.62. The number of rotatable bonds is 4. The second-order valence-corrected chi connectivity index (χ2v) is 5.62. The van der Waals surface area contributed by atoms with Crippen molar-refractivity contribution in [3.05, 3.63) is 59.2 Å². The Bertz CT molecular complexity index is 679. The van der Waals surface area contributed by atoms with Gasteiger partial charge in [-0.05, 0) is 42.2 Å². The van der Waals surface area contributed by atoms with Crippen LogP contribution in [0.5, 0.6) is 11.5 Å². The van der Waals surface area contributed by atoms with E-state index in [0.29, 0.717) is 18.1 Å². The number of hydrogen-bond acceptors (Lipinski definition) is 3. The molecule has 2 aromatic rings. The quantitative estimate of drug-likeness (QED) is 0.943. The molecule has 0 saturated heterocycles. The fraction of sp³-hybridized carbons (Fsp3) is 0.278. The average molecular weight is 297 g/mol. The van der Waals surface area contributed by atoms with E-state index in [2.05, 4.69) is 6.07 Å². The number of carbonyl (C=O) groups excluding carboxylic acids is 1. The van der Waals surface area contributed by atoms with Gasteiger partial charge in [-0.25, -0.2) is 0 Å². The Balaban J connectivity index is 1.68. The number of hydrogen-bond donors (Lipinski definition) is 1. The molecule has 4 nitrogen and oxygen atoms in total. The minimum Gasteiger partial charge on any atom is -0.497 e. The van der Waals surface area contributed by atoms with Gasteiger partial charge in [0.2, 0.25) is 5.91 Å². The molecule has 4 heteroatoms. The second kappa shape index (κ2) is 6.10. The molecule has 1 atom stereocenters. The smallest absolute Gasteiger partial charge is 0.248 e. The normalized spacial score (nSPS) is 16.5. The van der Waals surface area contributed by atoms with Crippen LogP contribution in [0.25, 0.3) is 0 Å². The van der Waals surface area contributed by atoms with Crippen molar-refractivity contribution in [1.82, 2.24) is 0 Å². The van der Waals surface area contributed by atoms with Crippen molar-refractivity contribution < 1.29 is 14.3 Å². The molecule has 0 radical (unpaired) electrons. The van der Waals surface area contributed by atoms with Crippen LogP contribution in [0.2, 0.25) is 0 Å². The molecular formula is C18H19NO3. The molecule has 1 amide bonds. The SMILES string of the molecule is COc1ccc2c(c1)OCC(Cc1ccc(C(N)=O)cc1)C2. The van der Waals surface area contributed by atoms with E-state index in [4.69, 9.17) is 15.2 Å². The molecule has 0 aromatic heterocycles. The highest BCUT2D eigenvalue weighted by Crippen LogP contribution is 2.32. The lowest BCUT2D eigenvalue weighted by molar-refractivity contribution is 0.100. The maximum absolute atomic E-state index is 11.1. The Morgan fingerprint density at radius 3 is 2.73 bits per heavy atom. The van der Waals surface area contributed by atoms with E-state index in [1.807, 2.05) is 24.3 Å². The van der Waals surface area contributed by atoms with Gasteiger partial charge in [-0.1, -0.05) is 18.2 Å². The molecule has 0 spiro atoms. The van der Waals surface area contributed by atoms with Gasteiger partial charge >= 0.3 is 0 Å². The molecule has 0 aliphatic carbocycles. The molecule has 22 heavy (non-hydrogen) atoms. The summed E-state index contributed by atoms with van der Waals surface area (Å²) in [6, 6.07) is 13.4. The van der Waals surface area contributed by atoms with Gasteiger partial charge in [0, 0.05) is 17.5 Å². The van der Waals surface area contributed by atoms with Crippen LogP contribution in [0.3, 0.4) is 0 Å².